The number of amides is 3. The van der Waals surface area contributed by atoms with Crippen molar-refractivity contribution in [3.63, 3.8) is 0 Å². The molecular formula is C23H38N6O5. The molecule has 1 aliphatic rings. The van der Waals surface area contributed by atoms with E-state index in [0.717, 1.165) is 6.42 Å². The summed E-state index contributed by atoms with van der Waals surface area (Å²) in [7, 11) is 0. The fourth-order valence-corrected chi connectivity index (χ4v) is 4.05. The molecule has 11 heteroatoms. The summed E-state index contributed by atoms with van der Waals surface area (Å²) in [4.78, 5) is 58.9. The lowest BCUT2D eigenvalue weighted by molar-refractivity contribution is -0.143. The monoisotopic (exact) mass is 478 g/mol. The minimum Gasteiger partial charge on any atom is -0.480 e. The van der Waals surface area contributed by atoms with Gasteiger partial charge in [-0.1, -0.05) is 34.1 Å². The zero-order chi connectivity index (χ0) is 25.4. The summed E-state index contributed by atoms with van der Waals surface area (Å²) in [6.45, 7) is 8.11. The van der Waals surface area contributed by atoms with E-state index < -0.39 is 42.0 Å². The highest BCUT2D eigenvalue weighted by atomic mass is 16.4. The van der Waals surface area contributed by atoms with E-state index in [1.54, 1.807) is 0 Å². The van der Waals surface area contributed by atoms with Crippen molar-refractivity contribution in [3.8, 4) is 0 Å². The Hall–Kier alpha value is -2.95. The number of nitrogens with zero attached hydrogens (tertiary/aromatic N) is 2. The molecule has 1 saturated heterocycles. The molecule has 6 N–H and O–H groups in total. The van der Waals surface area contributed by atoms with Crippen LogP contribution in [-0.2, 0) is 25.6 Å². The van der Waals surface area contributed by atoms with E-state index in [9.17, 15) is 24.3 Å². The predicted molar refractivity (Wildman–Crippen MR) is 125 cm³/mol. The minimum absolute atomic E-state index is 0.0147. The molecule has 5 unspecified atom stereocenters. The predicted octanol–water partition coefficient (Wildman–Crippen LogP) is 0.417. The molecule has 0 saturated carbocycles. The van der Waals surface area contributed by atoms with E-state index in [4.69, 9.17) is 5.73 Å². The number of aromatic nitrogens is 2. The maximum Gasteiger partial charge on any atom is 0.326 e. The molecule has 190 valence electrons. The van der Waals surface area contributed by atoms with Crippen molar-refractivity contribution in [3.05, 3.63) is 18.2 Å². The van der Waals surface area contributed by atoms with Gasteiger partial charge in [-0.25, -0.2) is 9.78 Å². The lowest BCUT2D eigenvalue weighted by Gasteiger charge is -2.30. The van der Waals surface area contributed by atoms with Crippen LogP contribution in [0.25, 0.3) is 0 Å². The van der Waals surface area contributed by atoms with Gasteiger partial charge in [0.25, 0.3) is 0 Å². The number of aliphatic carboxylic acids is 1. The van der Waals surface area contributed by atoms with Gasteiger partial charge in [0.05, 0.1) is 12.4 Å². The number of carbonyl (C=O) groups excluding carboxylic acids is 3. The van der Waals surface area contributed by atoms with Crippen LogP contribution in [0.2, 0.25) is 0 Å². The smallest absolute Gasteiger partial charge is 0.326 e. The molecule has 0 radical (unpaired) electrons. The highest BCUT2D eigenvalue weighted by molar-refractivity contribution is 5.94. The number of nitrogens with two attached hydrogens (primary N) is 1. The Balaban J connectivity index is 2.10. The zero-order valence-corrected chi connectivity index (χ0v) is 20.4. The summed E-state index contributed by atoms with van der Waals surface area (Å²) in [5, 5.41) is 14.9. The second-order valence-corrected chi connectivity index (χ2v) is 9.47. The van der Waals surface area contributed by atoms with Crippen molar-refractivity contribution in [2.24, 2.45) is 17.6 Å². The number of likely N-dealkylation sites (tertiary alicyclic amines) is 1. The summed E-state index contributed by atoms with van der Waals surface area (Å²) < 4.78 is 0. The largest absolute Gasteiger partial charge is 0.480 e. The van der Waals surface area contributed by atoms with E-state index in [1.807, 2.05) is 27.7 Å². The number of aromatic amines is 1. The van der Waals surface area contributed by atoms with E-state index in [0.29, 0.717) is 31.5 Å². The molecule has 1 fully saturated rings. The zero-order valence-electron chi connectivity index (χ0n) is 20.4. The first-order valence-electron chi connectivity index (χ1n) is 11.9. The maximum atomic E-state index is 13.1. The van der Waals surface area contributed by atoms with Gasteiger partial charge in [0.2, 0.25) is 17.7 Å². The summed E-state index contributed by atoms with van der Waals surface area (Å²) in [6.07, 6.45) is 5.17. The molecule has 1 aliphatic heterocycles. The van der Waals surface area contributed by atoms with Crippen LogP contribution in [0.5, 0.6) is 0 Å². The van der Waals surface area contributed by atoms with Gasteiger partial charge in [-0.05, 0) is 31.1 Å². The summed E-state index contributed by atoms with van der Waals surface area (Å²) in [5.74, 6) is -2.41. The first kappa shape index (κ1) is 27.3. The highest BCUT2D eigenvalue weighted by Gasteiger charge is 2.38. The van der Waals surface area contributed by atoms with Crippen molar-refractivity contribution >= 4 is 23.7 Å². The topological polar surface area (TPSA) is 171 Å². The number of carboxylic acid groups (broad SMARTS) is 1. The first-order valence-corrected chi connectivity index (χ1v) is 11.9. The van der Waals surface area contributed by atoms with Crippen LogP contribution in [0, 0.1) is 11.8 Å². The Morgan fingerprint density at radius 1 is 1.24 bits per heavy atom. The van der Waals surface area contributed by atoms with Gasteiger partial charge in [-0.3, -0.25) is 14.4 Å². The van der Waals surface area contributed by atoms with E-state index in [2.05, 4.69) is 20.6 Å². The lowest BCUT2D eigenvalue weighted by Crippen LogP contribution is -2.57. The fraction of sp³-hybridized carbons (Fsp3) is 0.696. The third-order valence-corrected chi connectivity index (χ3v) is 6.31. The van der Waals surface area contributed by atoms with Gasteiger partial charge >= 0.3 is 5.97 Å². The number of rotatable bonds is 12. The number of carboxylic acids is 1. The van der Waals surface area contributed by atoms with Crippen LogP contribution in [0.4, 0.5) is 0 Å². The number of imidazole rings is 1. The van der Waals surface area contributed by atoms with Crippen LogP contribution in [0.15, 0.2) is 12.5 Å². The molecule has 34 heavy (non-hydrogen) atoms. The molecular weight excluding hydrogens is 440 g/mol. The standard InChI is InChI=1S/C23H38N6O5/c1-5-14(4)19(24)22(32)29-8-6-7-18(29)21(31)27-16(9-13(2)3)20(30)28-17(23(33)34)10-15-11-25-12-26-15/h11-14,16-19H,5-10,24H2,1-4H3,(H,25,26)(H,27,31)(H,28,30)(H,33,34). The van der Waals surface area contributed by atoms with Crippen LogP contribution in [0.1, 0.15) is 59.1 Å². The van der Waals surface area contributed by atoms with Crippen LogP contribution in [0.3, 0.4) is 0 Å². The van der Waals surface area contributed by atoms with Gasteiger partial charge in [-0.15, -0.1) is 0 Å². The molecule has 0 aromatic carbocycles. The second kappa shape index (κ2) is 12.5. The van der Waals surface area contributed by atoms with E-state index in [-0.39, 0.29) is 24.2 Å². The quantitative estimate of drug-likeness (QED) is 0.290. The highest BCUT2D eigenvalue weighted by Crippen LogP contribution is 2.21. The Kier molecular flexibility index (Phi) is 10.0. The van der Waals surface area contributed by atoms with Gasteiger partial charge in [0, 0.05) is 24.9 Å². The number of nitrogens with one attached hydrogen (secondary N) is 3. The van der Waals surface area contributed by atoms with Crippen molar-refractivity contribution in [2.75, 3.05) is 6.54 Å². The Bertz CT molecular complexity index is 843. The minimum atomic E-state index is -1.19. The van der Waals surface area contributed by atoms with Gasteiger partial charge in [-0.2, -0.15) is 0 Å². The van der Waals surface area contributed by atoms with Crippen molar-refractivity contribution in [2.45, 2.75) is 84.0 Å². The van der Waals surface area contributed by atoms with Crippen LogP contribution in [-0.4, -0.2) is 74.4 Å². The molecule has 1 aromatic heterocycles. The molecule has 0 bridgehead atoms. The summed E-state index contributed by atoms with van der Waals surface area (Å²) in [5.41, 5.74) is 6.68. The molecule has 0 spiro atoms. The SMILES string of the molecule is CCC(C)C(N)C(=O)N1CCCC1C(=O)NC(CC(C)C)C(=O)NC(Cc1cnc[nH]1)C(=O)O. The van der Waals surface area contributed by atoms with Gasteiger partial charge in [0.15, 0.2) is 0 Å². The van der Waals surface area contributed by atoms with Gasteiger partial charge < -0.3 is 31.4 Å². The molecule has 1 aromatic rings. The van der Waals surface area contributed by atoms with Crippen LogP contribution < -0.4 is 16.4 Å². The van der Waals surface area contributed by atoms with E-state index in [1.165, 1.54) is 17.4 Å². The fourth-order valence-electron chi connectivity index (χ4n) is 4.05. The Morgan fingerprint density at radius 2 is 1.94 bits per heavy atom. The van der Waals surface area contributed by atoms with E-state index >= 15 is 0 Å². The van der Waals surface area contributed by atoms with Crippen molar-refractivity contribution in [1.82, 2.24) is 25.5 Å². The normalized spacial score (nSPS) is 19.4. The third kappa shape index (κ3) is 7.28. The lowest BCUT2D eigenvalue weighted by atomic mass is 9.98. The molecule has 0 aliphatic carbocycles. The molecule has 3 amide bonds. The van der Waals surface area contributed by atoms with Crippen molar-refractivity contribution < 1.29 is 24.3 Å². The molecule has 5 atom stereocenters. The van der Waals surface area contributed by atoms with Crippen LogP contribution >= 0.6 is 0 Å². The summed E-state index contributed by atoms with van der Waals surface area (Å²) >= 11 is 0. The maximum absolute atomic E-state index is 13.1. The summed E-state index contributed by atoms with van der Waals surface area (Å²) in [6, 6.07) is -3.51. The van der Waals surface area contributed by atoms with Gasteiger partial charge in [0.1, 0.15) is 18.1 Å². The third-order valence-electron chi connectivity index (χ3n) is 6.31. The molecule has 2 rings (SSSR count). The molecule has 11 nitrogen and oxygen atoms in total. The average molecular weight is 479 g/mol. The number of hydrogen-bond donors (Lipinski definition) is 5. The first-order chi connectivity index (χ1) is 16.0. The second-order valence-electron chi connectivity index (χ2n) is 9.47. The molecule has 2 heterocycles. The Morgan fingerprint density at radius 3 is 2.50 bits per heavy atom. The number of carbonyl (C=O) groups is 4. The number of H-pyrrole nitrogens is 1. The average Bonchev–Trinajstić information content (AvgIpc) is 3.48. The number of hydrogen-bond acceptors (Lipinski definition) is 6. The Labute approximate surface area is 200 Å². The van der Waals surface area contributed by atoms with Crippen molar-refractivity contribution in [1.29, 1.82) is 0 Å².